The van der Waals surface area contributed by atoms with E-state index in [-0.39, 0.29) is 6.61 Å². The van der Waals surface area contributed by atoms with Gasteiger partial charge in [-0.1, -0.05) is 56.9 Å². The van der Waals surface area contributed by atoms with E-state index in [0.29, 0.717) is 12.0 Å². The van der Waals surface area contributed by atoms with Crippen molar-refractivity contribution in [1.29, 1.82) is 0 Å². The summed E-state index contributed by atoms with van der Waals surface area (Å²) >= 11 is 0. The molecule has 0 N–H and O–H groups in total. The summed E-state index contributed by atoms with van der Waals surface area (Å²) in [5.74, 6) is -5.90. The maximum atomic E-state index is 13.7. The van der Waals surface area contributed by atoms with Gasteiger partial charge in [0.2, 0.25) is 11.6 Å². The molecule has 1 aliphatic carbocycles. The van der Waals surface area contributed by atoms with Gasteiger partial charge in [-0.2, -0.15) is 4.39 Å². The second kappa shape index (κ2) is 10.1. The summed E-state index contributed by atoms with van der Waals surface area (Å²) < 4.78 is 58.4. The predicted octanol–water partition coefficient (Wildman–Crippen LogP) is 7.68. The van der Waals surface area contributed by atoms with Gasteiger partial charge in [0, 0.05) is 6.07 Å². The van der Waals surface area contributed by atoms with Crippen molar-refractivity contribution >= 4 is 0 Å². The highest BCUT2D eigenvalue weighted by molar-refractivity contribution is 5.29. The van der Waals surface area contributed by atoms with Crippen LogP contribution in [0.15, 0.2) is 30.3 Å². The first-order valence-electron chi connectivity index (χ1n) is 10.5. The molecule has 1 aliphatic rings. The van der Waals surface area contributed by atoms with Crippen molar-refractivity contribution in [1.82, 2.24) is 0 Å². The molecule has 0 unspecified atom stereocenters. The second-order valence-electron chi connectivity index (χ2n) is 8.04. The first-order chi connectivity index (χ1) is 14.0. The molecule has 5 heteroatoms. The Morgan fingerprint density at radius 1 is 0.862 bits per heavy atom. The quantitative estimate of drug-likeness (QED) is 0.188. The fraction of sp³-hybridized carbons (Fsp3) is 0.500. The Kier molecular flexibility index (Phi) is 7.57. The van der Waals surface area contributed by atoms with Crippen molar-refractivity contribution in [2.75, 3.05) is 0 Å². The molecule has 0 radical (unpaired) electrons. The number of rotatable bonds is 8. The highest BCUT2D eigenvalue weighted by Gasteiger charge is 2.22. The lowest BCUT2D eigenvalue weighted by Gasteiger charge is -2.29. The molecule has 0 spiro atoms. The molecule has 1 fully saturated rings. The number of hydrogen-bond acceptors (Lipinski definition) is 1. The lowest BCUT2D eigenvalue weighted by Crippen LogP contribution is -2.13. The lowest BCUT2D eigenvalue weighted by molar-refractivity contribution is 0.276. The SMILES string of the molecule is CCCCC[C@H]1CC[C@H](c2ccc(COc3cc(F)c(F)c(F)c3F)cc2)CC1. The largest absolute Gasteiger partial charge is 0.486 e. The van der Waals surface area contributed by atoms with E-state index in [4.69, 9.17) is 4.74 Å². The van der Waals surface area contributed by atoms with Gasteiger partial charge in [-0.05, 0) is 48.6 Å². The minimum absolute atomic E-state index is 0.0497. The van der Waals surface area contributed by atoms with E-state index in [9.17, 15) is 17.6 Å². The normalized spacial score (nSPS) is 19.3. The van der Waals surface area contributed by atoms with Gasteiger partial charge in [-0.25, -0.2) is 13.2 Å². The molecule has 3 rings (SSSR count). The Morgan fingerprint density at radius 2 is 1.55 bits per heavy atom. The van der Waals surface area contributed by atoms with E-state index >= 15 is 0 Å². The van der Waals surface area contributed by atoms with Gasteiger partial charge >= 0.3 is 0 Å². The highest BCUT2D eigenvalue weighted by atomic mass is 19.2. The Morgan fingerprint density at radius 3 is 2.21 bits per heavy atom. The minimum Gasteiger partial charge on any atom is -0.486 e. The number of ether oxygens (including phenoxy) is 1. The van der Waals surface area contributed by atoms with Gasteiger partial charge in [0.15, 0.2) is 17.4 Å². The highest BCUT2D eigenvalue weighted by Crippen LogP contribution is 2.37. The van der Waals surface area contributed by atoms with Crippen LogP contribution >= 0.6 is 0 Å². The third-order valence-corrected chi connectivity index (χ3v) is 5.98. The van der Waals surface area contributed by atoms with Crippen molar-refractivity contribution in [3.63, 3.8) is 0 Å². The molecule has 1 nitrogen and oxygen atoms in total. The Labute approximate surface area is 170 Å². The van der Waals surface area contributed by atoms with Gasteiger partial charge in [0.25, 0.3) is 0 Å². The Bertz CT molecular complexity index is 796. The zero-order valence-corrected chi connectivity index (χ0v) is 16.8. The van der Waals surface area contributed by atoms with Crippen LogP contribution in [0.1, 0.15) is 75.3 Å². The van der Waals surface area contributed by atoms with E-state index in [1.165, 1.54) is 56.9 Å². The topological polar surface area (TPSA) is 9.23 Å². The van der Waals surface area contributed by atoms with Gasteiger partial charge in [-0.15, -0.1) is 0 Å². The van der Waals surface area contributed by atoms with Gasteiger partial charge in [0.05, 0.1) is 0 Å². The van der Waals surface area contributed by atoms with E-state index < -0.39 is 29.0 Å². The van der Waals surface area contributed by atoms with Crippen LogP contribution in [0, 0.1) is 29.2 Å². The summed E-state index contributed by atoms with van der Waals surface area (Å²) in [5, 5.41) is 0. The molecule has 0 saturated heterocycles. The lowest BCUT2D eigenvalue weighted by atomic mass is 9.77. The van der Waals surface area contributed by atoms with Crippen LogP contribution < -0.4 is 4.74 Å². The fourth-order valence-corrected chi connectivity index (χ4v) is 4.17. The van der Waals surface area contributed by atoms with Crippen LogP contribution in [0.4, 0.5) is 17.6 Å². The number of benzene rings is 2. The van der Waals surface area contributed by atoms with Gasteiger partial charge < -0.3 is 4.74 Å². The minimum atomic E-state index is -1.86. The van der Waals surface area contributed by atoms with E-state index in [2.05, 4.69) is 6.92 Å². The van der Waals surface area contributed by atoms with Crippen molar-refractivity contribution in [2.45, 2.75) is 70.8 Å². The zero-order chi connectivity index (χ0) is 20.8. The zero-order valence-electron chi connectivity index (χ0n) is 16.8. The molecule has 0 aliphatic heterocycles. The monoisotopic (exact) mass is 408 g/mol. The van der Waals surface area contributed by atoms with Crippen molar-refractivity contribution in [2.24, 2.45) is 5.92 Å². The first-order valence-corrected chi connectivity index (χ1v) is 10.5. The number of halogens is 4. The first kappa shape index (κ1) is 21.7. The van der Waals surface area contributed by atoms with Crippen LogP contribution in [0.3, 0.4) is 0 Å². The predicted molar refractivity (Wildman–Crippen MR) is 106 cm³/mol. The molecule has 2 aromatic carbocycles. The van der Waals surface area contributed by atoms with Crippen LogP contribution in [-0.2, 0) is 6.61 Å². The molecule has 0 heterocycles. The fourth-order valence-electron chi connectivity index (χ4n) is 4.17. The van der Waals surface area contributed by atoms with E-state index in [0.717, 1.165) is 11.5 Å². The molecule has 0 bridgehead atoms. The molecule has 0 amide bonds. The Balaban J connectivity index is 1.52. The molecule has 2 aromatic rings. The summed E-state index contributed by atoms with van der Waals surface area (Å²) in [4.78, 5) is 0. The smallest absolute Gasteiger partial charge is 0.203 e. The summed E-state index contributed by atoms with van der Waals surface area (Å²) in [6.45, 7) is 2.18. The third kappa shape index (κ3) is 5.52. The number of unbranched alkanes of at least 4 members (excludes halogenated alkanes) is 2. The third-order valence-electron chi connectivity index (χ3n) is 5.98. The maximum absolute atomic E-state index is 13.7. The van der Waals surface area contributed by atoms with Crippen LogP contribution in [-0.4, -0.2) is 0 Å². The molecular weight excluding hydrogens is 380 g/mol. The van der Waals surface area contributed by atoms with Crippen LogP contribution in [0.2, 0.25) is 0 Å². The average Bonchev–Trinajstić information content (AvgIpc) is 2.75. The van der Waals surface area contributed by atoms with Gasteiger partial charge in [-0.3, -0.25) is 0 Å². The molecule has 1 saturated carbocycles. The summed E-state index contributed by atoms with van der Waals surface area (Å²) in [6, 6.07) is 8.39. The maximum Gasteiger partial charge on any atom is 0.203 e. The van der Waals surface area contributed by atoms with Crippen molar-refractivity contribution < 1.29 is 22.3 Å². The standard InChI is InChI=1S/C24H28F4O/c1-2-3-4-5-16-6-10-18(11-7-16)19-12-8-17(9-13-19)15-29-21-14-20(25)22(26)24(28)23(21)27/h8-9,12-14,16,18H,2-7,10-11,15H2,1H3/t16-,18-. The average molecular weight is 408 g/mol. The molecule has 29 heavy (non-hydrogen) atoms. The summed E-state index contributed by atoms with van der Waals surface area (Å²) in [7, 11) is 0. The van der Waals surface area contributed by atoms with E-state index in [1.807, 2.05) is 24.3 Å². The van der Waals surface area contributed by atoms with Crippen molar-refractivity contribution in [3.8, 4) is 5.75 Å². The van der Waals surface area contributed by atoms with Gasteiger partial charge in [0.1, 0.15) is 6.61 Å². The van der Waals surface area contributed by atoms with E-state index in [1.54, 1.807) is 0 Å². The molecule has 0 aromatic heterocycles. The molecule has 0 atom stereocenters. The summed E-state index contributed by atoms with van der Waals surface area (Å²) in [5.41, 5.74) is 2.04. The van der Waals surface area contributed by atoms with Crippen LogP contribution in [0.5, 0.6) is 5.75 Å². The van der Waals surface area contributed by atoms with Crippen LogP contribution in [0.25, 0.3) is 0 Å². The Hall–Kier alpha value is -2.04. The van der Waals surface area contributed by atoms with Crippen molar-refractivity contribution in [3.05, 3.63) is 64.7 Å². The molecule has 158 valence electrons. The molecular formula is C24H28F4O. The number of hydrogen-bond donors (Lipinski definition) is 0. The second-order valence-corrected chi connectivity index (χ2v) is 8.04. The summed E-state index contributed by atoms with van der Waals surface area (Å²) in [6.07, 6.45) is 10.2.